The molecule has 1 atom stereocenters. The zero-order valence-electron chi connectivity index (χ0n) is 26.5. The minimum absolute atomic E-state index is 0.0408. The van der Waals surface area contributed by atoms with Gasteiger partial charge in [-0.25, -0.2) is 9.37 Å². The Morgan fingerprint density at radius 2 is 1.91 bits per heavy atom. The first kappa shape index (κ1) is 30.7. The van der Waals surface area contributed by atoms with Gasteiger partial charge in [0, 0.05) is 49.1 Å². The molecule has 3 aliphatic heterocycles. The molecule has 2 amide bonds. The third kappa shape index (κ3) is 6.12. The van der Waals surface area contributed by atoms with Crippen LogP contribution in [-0.2, 0) is 4.79 Å². The van der Waals surface area contributed by atoms with Crippen LogP contribution < -0.4 is 15.0 Å². The number of nitrogens with one attached hydrogen (secondary N) is 1. The minimum Gasteiger partial charge on any atom is -0.434 e. The first-order valence-corrected chi connectivity index (χ1v) is 16.3. The van der Waals surface area contributed by atoms with Crippen molar-refractivity contribution in [3.05, 3.63) is 35.9 Å². The number of benzene rings is 1. The number of carbonyl (C=O) groups is 2. The molecule has 1 aliphatic carbocycles. The molecule has 4 aliphatic rings. The van der Waals surface area contributed by atoms with E-state index in [1.165, 1.54) is 37.4 Å². The lowest BCUT2D eigenvalue weighted by molar-refractivity contribution is -0.122. The molecule has 11 heteroatoms. The van der Waals surface area contributed by atoms with Crippen LogP contribution in [0.1, 0.15) is 83.0 Å². The third-order valence-electron chi connectivity index (χ3n) is 10.6. The molecule has 3 saturated heterocycles. The quantitative estimate of drug-likeness (QED) is 0.462. The molecular weight excluding hydrogens is 561 g/mol. The number of ether oxygens (including phenoxy) is 1. The van der Waals surface area contributed by atoms with Gasteiger partial charge in [0.05, 0.1) is 5.56 Å². The standard InChI is InChI=1S/C33H46FN7O3/c1-5-41(22(2)3)31(43)26-16-25(34)6-7-27(26)44-30-28(35-21-36-38-30)40-19-32(20-40)12-14-39(15-13-32)18-24-8-10-33(11-9-24)17-23(4)29(42)37-33/h6-7,16,21-24H,5,8-15,17-20H2,1-4H3,(H,37,42)/t23-,24-,33-/m0/s1. The van der Waals surface area contributed by atoms with Crippen LogP contribution in [-0.4, -0.2) is 87.6 Å². The van der Waals surface area contributed by atoms with Crippen LogP contribution in [0.3, 0.4) is 0 Å². The molecule has 0 radical (unpaired) electrons. The van der Waals surface area contributed by atoms with Gasteiger partial charge in [0.25, 0.3) is 11.8 Å². The SMILES string of the molecule is CCN(C(=O)c1cc(F)ccc1Oc1nncnc1N1CC2(CCN(C[C@H]3CC[C@]4(CC3)C[C@H](C)C(=O)N4)CC2)C1)C(C)C. The molecule has 1 saturated carbocycles. The molecule has 1 N–H and O–H groups in total. The second-order valence-corrected chi connectivity index (χ2v) is 14.0. The Morgan fingerprint density at radius 3 is 2.55 bits per heavy atom. The number of rotatable bonds is 8. The zero-order valence-corrected chi connectivity index (χ0v) is 26.5. The smallest absolute Gasteiger partial charge is 0.282 e. The van der Waals surface area contributed by atoms with E-state index in [0.717, 1.165) is 64.8 Å². The van der Waals surface area contributed by atoms with Crippen molar-refractivity contribution in [2.75, 3.05) is 44.2 Å². The lowest BCUT2D eigenvalue weighted by atomic mass is 9.71. The van der Waals surface area contributed by atoms with Crippen LogP contribution in [0.5, 0.6) is 11.6 Å². The third-order valence-corrected chi connectivity index (χ3v) is 10.6. The Hall–Kier alpha value is -3.34. The number of carbonyl (C=O) groups excluding carboxylic acids is 2. The molecule has 10 nitrogen and oxygen atoms in total. The van der Waals surface area contributed by atoms with Crippen molar-refractivity contribution in [3.63, 3.8) is 0 Å². The Bertz CT molecular complexity index is 1360. The topological polar surface area (TPSA) is 104 Å². The number of hydrogen-bond donors (Lipinski definition) is 1. The Morgan fingerprint density at radius 1 is 1.18 bits per heavy atom. The molecule has 1 aromatic heterocycles. The number of piperidine rings is 1. The van der Waals surface area contributed by atoms with Crippen molar-refractivity contribution in [1.29, 1.82) is 0 Å². The van der Waals surface area contributed by atoms with Crippen LogP contribution in [0.2, 0.25) is 0 Å². The summed E-state index contributed by atoms with van der Waals surface area (Å²) in [6.07, 6.45) is 9.30. The highest BCUT2D eigenvalue weighted by molar-refractivity contribution is 5.97. The molecular formula is C33H46FN7O3. The van der Waals surface area contributed by atoms with Gasteiger partial charge in [-0.1, -0.05) is 6.92 Å². The van der Waals surface area contributed by atoms with E-state index in [-0.39, 0.29) is 51.9 Å². The molecule has 0 bridgehead atoms. The molecule has 44 heavy (non-hydrogen) atoms. The molecule has 0 unspecified atom stereocenters. The summed E-state index contributed by atoms with van der Waals surface area (Å²) in [5.41, 5.74) is 0.459. The van der Waals surface area contributed by atoms with Crippen molar-refractivity contribution < 1.29 is 18.7 Å². The van der Waals surface area contributed by atoms with E-state index >= 15 is 0 Å². The first-order valence-electron chi connectivity index (χ1n) is 16.3. The number of likely N-dealkylation sites (tertiary alicyclic amines) is 1. The highest BCUT2D eigenvalue weighted by Gasteiger charge is 2.47. The van der Waals surface area contributed by atoms with Gasteiger partial charge in [-0.15, -0.1) is 10.2 Å². The van der Waals surface area contributed by atoms with Gasteiger partial charge in [-0.3, -0.25) is 9.59 Å². The average molecular weight is 608 g/mol. The number of halogens is 1. The predicted molar refractivity (Wildman–Crippen MR) is 165 cm³/mol. The summed E-state index contributed by atoms with van der Waals surface area (Å²) in [7, 11) is 0. The van der Waals surface area contributed by atoms with E-state index in [2.05, 4.69) is 37.2 Å². The monoisotopic (exact) mass is 607 g/mol. The van der Waals surface area contributed by atoms with Crippen molar-refractivity contribution >= 4 is 17.6 Å². The van der Waals surface area contributed by atoms with Crippen molar-refractivity contribution in [1.82, 2.24) is 30.3 Å². The second-order valence-electron chi connectivity index (χ2n) is 14.0. The van der Waals surface area contributed by atoms with Crippen molar-refractivity contribution in [3.8, 4) is 11.6 Å². The van der Waals surface area contributed by atoms with Gasteiger partial charge in [-0.05, 0) is 103 Å². The summed E-state index contributed by atoms with van der Waals surface area (Å²) in [4.78, 5) is 36.4. The molecule has 2 aromatic rings. The highest BCUT2D eigenvalue weighted by Crippen LogP contribution is 2.45. The number of anilines is 1. The molecule has 4 fully saturated rings. The first-order chi connectivity index (χ1) is 21.1. The van der Waals surface area contributed by atoms with E-state index in [1.807, 2.05) is 20.8 Å². The number of nitrogens with zero attached hydrogens (tertiary/aromatic N) is 6. The largest absolute Gasteiger partial charge is 0.434 e. The number of hydrogen-bond acceptors (Lipinski definition) is 8. The molecule has 4 heterocycles. The Kier molecular flexibility index (Phi) is 8.52. The summed E-state index contributed by atoms with van der Waals surface area (Å²) in [6.45, 7) is 13.4. The summed E-state index contributed by atoms with van der Waals surface area (Å²) in [6, 6.07) is 3.93. The summed E-state index contributed by atoms with van der Waals surface area (Å²) < 4.78 is 20.4. The van der Waals surface area contributed by atoms with Gasteiger partial charge in [0.1, 0.15) is 17.9 Å². The van der Waals surface area contributed by atoms with E-state index in [0.29, 0.717) is 18.3 Å². The summed E-state index contributed by atoms with van der Waals surface area (Å²) >= 11 is 0. The van der Waals surface area contributed by atoms with Crippen LogP contribution in [0.4, 0.5) is 10.2 Å². The molecule has 238 valence electrons. The van der Waals surface area contributed by atoms with E-state index in [1.54, 1.807) is 4.90 Å². The van der Waals surface area contributed by atoms with Crippen molar-refractivity contribution in [2.24, 2.45) is 17.3 Å². The van der Waals surface area contributed by atoms with Gasteiger partial charge < -0.3 is 24.8 Å². The molecule has 6 rings (SSSR count). The Balaban J connectivity index is 1.04. The van der Waals surface area contributed by atoms with Gasteiger partial charge in [-0.2, -0.15) is 0 Å². The highest BCUT2D eigenvalue weighted by atomic mass is 19.1. The van der Waals surface area contributed by atoms with Crippen molar-refractivity contribution in [2.45, 2.75) is 84.2 Å². The fourth-order valence-corrected chi connectivity index (χ4v) is 7.96. The second kappa shape index (κ2) is 12.2. The predicted octanol–water partition coefficient (Wildman–Crippen LogP) is 4.66. The van der Waals surface area contributed by atoms with E-state index < -0.39 is 5.82 Å². The zero-order chi connectivity index (χ0) is 31.1. The fourth-order valence-electron chi connectivity index (χ4n) is 7.96. The number of amides is 2. The maximum Gasteiger partial charge on any atom is 0.282 e. The number of aromatic nitrogens is 3. The summed E-state index contributed by atoms with van der Waals surface area (Å²) in [5.74, 6) is 1.35. The average Bonchev–Trinajstić information content (AvgIpc) is 3.27. The van der Waals surface area contributed by atoms with Gasteiger partial charge in [0.15, 0.2) is 5.82 Å². The van der Waals surface area contributed by atoms with Crippen LogP contribution in [0, 0.1) is 23.1 Å². The molecule has 1 aromatic carbocycles. The lowest BCUT2D eigenvalue weighted by Crippen LogP contribution is -2.61. The molecule has 2 spiro atoms. The van der Waals surface area contributed by atoms with Crippen LogP contribution in [0.15, 0.2) is 24.5 Å². The van der Waals surface area contributed by atoms with Crippen LogP contribution in [0.25, 0.3) is 0 Å². The van der Waals surface area contributed by atoms with Crippen LogP contribution >= 0.6 is 0 Å². The van der Waals surface area contributed by atoms with Gasteiger partial charge >= 0.3 is 0 Å². The Labute approximate surface area is 259 Å². The fraction of sp³-hybridized carbons (Fsp3) is 0.667. The van der Waals surface area contributed by atoms with Gasteiger partial charge in [0.2, 0.25) is 5.91 Å². The minimum atomic E-state index is -0.502. The summed E-state index contributed by atoms with van der Waals surface area (Å²) in [5, 5.41) is 11.5. The maximum atomic E-state index is 14.2. The van der Waals surface area contributed by atoms with E-state index in [9.17, 15) is 14.0 Å². The maximum absolute atomic E-state index is 14.2. The lowest BCUT2D eigenvalue weighted by Gasteiger charge is -2.54. The van der Waals surface area contributed by atoms with E-state index in [4.69, 9.17) is 4.74 Å². The normalized spacial score (nSPS) is 26.6.